The summed E-state index contributed by atoms with van der Waals surface area (Å²) in [6.07, 6.45) is -1.94. The number of alkyl halides is 2. The van der Waals surface area contributed by atoms with Gasteiger partial charge in [-0.25, -0.2) is 0 Å². The van der Waals surface area contributed by atoms with E-state index in [0.717, 1.165) is 12.1 Å². The van der Waals surface area contributed by atoms with Gasteiger partial charge in [0.25, 0.3) is 0 Å². The molecule has 2 rings (SSSR count). The number of benzene rings is 2. The summed E-state index contributed by atoms with van der Waals surface area (Å²) >= 11 is 11.4. The molecule has 0 amide bonds. The van der Waals surface area contributed by atoms with Crippen molar-refractivity contribution in [3.8, 4) is 0 Å². The summed E-state index contributed by atoms with van der Waals surface area (Å²) in [6, 6.07) is 11.2. The monoisotopic (exact) mass is 302 g/mol. The molecule has 2 aromatic carbocycles. The van der Waals surface area contributed by atoms with Crippen LogP contribution in [0.3, 0.4) is 0 Å². The first-order valence-corrected chi connectivity index (χ1v) is 6.25. The number of aliphatic hydroxyl groups excluding tert-OH is 1. The molecule has 5 heteroatoms. The quantitative estimate of drug-likeness (QED) is 0.862. The van der Waals surface area contributed by atoms with Gasteiger partial charge in [0.1, 0.15) is 6.10 Å². The van der Waals surface area contributed by atoms with Crippen LogP contribution in [-0.2, 0) is 5.92 Å². The zero-order valence-corrected chi connectivity index (χ0v) is 11.2. The summed E-state index contributed by atoms with van der Waals surface area (Å²) in [7, 11) is 0. The standard InChI is InChI=1S/C14H10Cl2F2O/c15-11-7-6-10(8-12(11)16)14(17,18)13(19)9-4-2-1-3-5-9/h1-8,13,19H. The third-order valence-corrected chi connectivity index (χ3v) is 3.50. The number of halogens is 4. The molecular formula is C14H10Cl2F2O. The van der Waals surface area contributed by atoms with E-state index in [2.05, 4.69) is 0 Å². The van der Waals surface area contributed by atoms with Crippen LogP contribution in [-0.4, -0.2) is 5.11 Å². The lowest BCUT2D eigenvalue weighted by Crippen LogP contribution is -2.23. The van der Waals surface area contributed by atoms with Gasteiger partial charge in [-0.05, 0) is 17.7 Å². The molecule has 0 aliphatic rings. The lowest BCUT2D eigenvalue weighted by Gasteiger charge is -2.23. The third kappa shape index (κ3) is 2.89. The Kier molecular flexibility index (Phi) is 4.09. The predicted octanol–water partition coefficient (Wildman–Crippen LogP) is 4.82. The second-order valence-corrected chi connectivity index (χ2v) is 4.88. The first-order valence-electron chi connectivity index (χ1n) is 5.49. The maximum Gasteiger partial charge on any atom is 0.302 e. The molecule has 0 saturated heterocycles. The molecule has 1 unspecified atom stereocenters. The van der Waals surface area contributed by atoms with Crippen molar-refractivity contribution in [1.82, 2.24) is 0 Å². The van der Waals surface area contributed by atoms with Crippen molar-refractivity contribution in [2.45, 2.75) is 12.0 Å². The Hall–Kier alpha value is -1.16. The van der Waals surface area contributed by atoms with E-state index in [1.165, 1.54) is 18.2 Å². The van der Waals surface area contributed by atoms with Crippen LogP contribution in [0.25, 0.3) is 0 Å². The summed E-state index contributed by atoms with van der Waals surface area (Å²) in [5.74, 6) is -3.45. The molecule has 1 N–H and O–H groups in total. The van der Waals surface area contributed by atoms with Crippen LogP contribution in [0.15, 0.2) is 48.5 Å². The van der Waals surface area contributed by atoms with Crippen LogP contribution in [0.4, 0.5) is 8.78 Å². The van der Waals surface area contributed by atoms with E-state index in [0.29, 0.717) is 0 Å². The molecule has 19 heavy (non-hydrogen) atoms. The second-order valence-electron chi connectivity index (χ2n) is 4.07. The van der Waals surface area contributed by atoms with E-state index in [4.69, 9.17) is 23.2 Å². The molecule has 0 heterocycles. The zero-order valence-electron chi connectivity index (χ0n) is 9.66. The van der Waals surface area contributed by atoms with Crippen LogP contribution in [0.1, 0.15) is 17.2 Å². The van der Waals surface area contributed by atoms with E-state index in [-0.39, 0.29) is 21.2 Å². The van der Waals surface area contributed by atoms with Crippen LogP contribution >= 0.6 is 23.2 Å². The van der Waals surface area contributed by atoms with Crippen molar-refractivity contribution in [3.05, 3.63) is 69.7 Å². The topological polar surface area (TPSA) is 20.2 Å². The lowest BCUT2D eigenvalue weighted by atomic mass is 9.97. The SMILES string of the molecule is OC(c1ccccc1)C(F)(F)c1ccc(Cl)c(Cl)c1. The van der Waals surface area contributed by atoms with Crippen molar-refractivity contribution in [2.24, 2.45) is 0 Å². The van der Waals surface area contributed by atoms with Crippen LogP contribution < -0.4 is 0 Å². The molecule has 0 spiro atoms. The van der Waals surface area contributed by atoms with Crippen molar-refractivity contribution < 1.29 is 13.9 Å². The number of hydrogen-bond donors (Lipinski definition) is 1. The van der Waals surface area contributed by atoms with E-state index < -0.39 is 12.0 Å². The smallest absolute Gasteiger partial charge is 0.302 e. The van der Waals surface area contributed by atoms with Gasteiger partial charge in [-0.1, -0.05) is 59.6 Å². The molecule has 0 aromatic heterocycles. The number of hydrogen-bond acceptors (Lipinski definition) is 1. The van der Waals surface area contributed by atoms with E-state index in [1.54, 1.807) is 18.2 Å². The third-order valence-electron chi connectivity index (χ3n) is 2.76. The van der Waals surface area contributed by atoms with Gasteiger partial charge in [0.05, 0.1) is 10.0 Å². The molecule has 100 valence electrons. The minimum atomic E-state index is -3.45. The Morgan fingerprint density at radius 3 is 2.16 bits per heavy atom. The first-order chi connectivity index (χ1) is 8.93. The highest BCUT2D eigenvalue weighted by molar-refractivity contribution is 6.42. The zero-order chi connectivity index (χ0) is 14.0. The summed E-state index contributed by atoms with van der Waals surface area (Å²) in [6.45, 7) is 0. The molecule has 0 saturated carbocycles. The minimum Gasteiger partial charge on any atom is -0.382 e. The van der Waals surface area contributed by atoms with Crippen molar-refractivity contribution in [2.75, 3.05) is 0 Å². The Morgan fingerprint density at radius 1 is 0.947 bits per heavy atom. The van der Waals surface area contributed by atoms with Gasteiger partial charge < -0.3 is 5.11 Å². The summed E-state index contributed by atoms with van der Waals surface area (Å²) in [5.41, 5.74) is -0.239. The van der Waals surface area contributed by atoms with Gasteiger partial charge in [0, 0.05) is 5.56 Å². The molecule has 0 aliphatic heterocycles. The molecular weight excluding hydrogens is 293 g/mol. The van der Waals surface area contributed by atoms with Crippen LogP contribution in [0.2, 0.25) is 10.0 Å². The fourth-order valence-corrected chi connectivity index (χ4v) is 2.00. The molecule has 0 fully saturated rings. The molecule has 0 radical (unpaired) electrons. The van der Waals surface area contributed by atoms with Crippen molar-refractivity contribution in [1.29, 1.82) is 0 Å². The van der Waals surface area contributed by atoms with Crippen LogP contribution in [0.5, 0.6) is 0 Å². The van der Waals surface area contributed by atoms with Gasteiger partial charge >= 0.3 is 5.92 Å². The Labute approximate surface area is 119 Å². The fraction of sp³-hybridized carbons (Fsp3) is 0.143. The summed E-state index contributed by atoms with van der Waals surface area (Å²) in [4.78, 5) is 0. The second kappa shape index (κ2) is 5.45. The Morgan fingerprint density at radius 2 is 1.58 bits per heavy atom. The van der Waals surface area contributed by atoms with Gasteiger partial charge in [-0.3, -0.25) is 0 Å². The highest BCUT2D eigenvalue weighted by Crippen LogP contribution is 2.41. The molecule has 0 aliphatic carbocycles. The summed E-state index contributed by atoms with van der Waals surface area (Å²) < 4.78 is 28.4. The first kappa shape index (κ1) is 14.3. The molecule has 0 bridgehead atoms. The highest BCUT2D eigenvalue weighted by atomic mass is 35.5. The fourth-order valence-electron chi connectivity index (χ4n) is 1.71. The number of rotatable bonds is 3. The average Bonchev–Trinajstić information content (AvgIpc) is 2.41. The van der Waals surface area contributed by atoms with Gasteiger partial charge in [-0.15, -0.1) is 0 Å². The normalized spacial score (nSPS) is 13.3. The largest absolute Gasteiger partial charge is 0.382 e. The Balaban J connectivity index is 2.38. The van der Waals surface area contributed by atoms with Gasteiger partial charge in [-0.2, -0.15) is 8.78 Å². The van der Waals surface area contributed by atoms with Crippen molar-refractivity contribution in [3.63, 3.8) is 0 Å². The summed E-state index contributed by atoms with van der Waals surface area (Å²) in [5, 5.41) is 10.1. The van der Waals surface area contributed by atoms with E-state index in [1.807, 2.05) is 0 Å². The van der Waals surface area contributed by atoms with Gasteiger partial charge in [0.2, 0.25) is 0 Å². The van der Waals surface area contributed by atoms with E-state index >= 15 is 0 Å². The predicted molar refractivity (Wildman–Crippen MR) is 71.8 cm³/mol. The average molecular weight is 303 g/mol. The molecule has 1 atom stereocenters. The minimum absolute atomic E-state index is 0.0269. The van der Waals surface area contributed by atoms with Crippen LogP contribution in [0, 0.1) is 0 Å². The highest BCUT2D eigenvalue weighted by Gasteiger charge is 2.41. The molecule has 2 aromatic rings. The van der Waals surface area contributed by atoms with Gasteiger partial charge in [0.15, 0.2) is 0 Å². The van der Waals surface area contributed by atoms with Crippen molar-refractivity contribution >= 4 is 23.2 Å². The maximum atomic E-state index is 14.2. The Bertz CT molecular complexity index is 573. The lowest BCUT2D eigenvalue weighted by molar-refractivity contribution is -0.117. The molecule has 1 nitrogen and oxygen atoms in total. The number of aliphatic hydroxyl groups is 1. The maximum absolute atomic E-state index is 14.2. The van der Waals surface area contributed by atoms with E-state index in [9.17, 15) is 13.9 Å².